The predicted octanol–water partition coefficient (Wildman–Crippen LogP) is 10.1. The first-order valence-electron chi connectivity index (χ1n) is 15.0. The summed E-state index contributed by atoms with van der Waals surface area (Å²) >= 11 is 11.5. The summed E-state index contributed by atoms with van der Waals surface area (Å²) in [4.78, 5) is 2.11. The maximum Gasteiger partial charge on any atom is 0.119 e. The third-order valence-corrected chi connectivity index (χ3v) is 7.26. The highest BCUT2D eigenvalue weighted by Crippen LogP contribution is 2.25. The highest BCUT2D eigenvalue weighted by atomic mass is 35.5. The zero-order valence-electron chi connectivity index (χ0n) is 26.2. The van der Waals surface area contributed by atoms with E-state index in [1.807, 2.05) is 62.6 Å². The highest BCUT2D eigenvalue weighted by Gasteiger charge is 2.02. The molecule has 0 radical (unpaired) electrons. The van der Waals surface area contributed by atoms with Crippen LogP contribution in [0.15, 0.2) is 97.1 Å². The van der Waals surface area contributed by atoms with Gasteiger partial charge < -0.3 is 20.1 Å². The van der Waals surface area contributed by atoms with Gasteiger partial charge in [-0.05, 0) is 109 Å². The van der Waals surface area contributed by atoms with Crippen molar-refractivity contribution in [2.45, 2.75) is 26.7 Å². The number of ether oxygens (including phenoxy) is 2. The quantitative estimate of drug-likeness (QED) is 0.0907. The Labute approximate surface area is 273 Å². The van der Waals surface area contributed by atoms with Gasteiger partial charge >= 0.3 is 0 Å². The Bertz CT molecular complexity index is 1450. The van der Waals surface area contributed by atoms with E-state index in [9.17, 15) is 0 Å². The average Bonchev–Trinajstić information content (AvgIpc) is 3.04. The maximum atomic E-state index is 5.94. The van der Waals surface area contributed by atoms with Gasteiger partial charge in [0.15, 0.2) is 0 Å². The van der Waals surface area contributed by atoms with Crippen molar-refractivity contribution in [1.82, 2.24) is 4.90 Å². The Morgan fingerprint density at radius 1 is 0.659 bits per heavy atom. The number of anilines is 1. The summed E-state index contributed by atoms with van der Waals surface area (Å²) in [6, 6.07) is 32.3. The summed E-state index contributed by atoms with van der Waals surface area (Å²) in [5.74, 6) is 2.25. The van der Waals surface area contributed by atoms with E-state index < -0.39 is 0 Å². The van der Waals surface area contributed by atoms with Crippen molar-refractivity contribution in [1.29, 1.82) is 0 Å². The van der Waals surface area contributed by atoms with Crippen molar-refractivity contribution in [2.24, 2.45) is 0 Å². The van der Waals surface area contributed by atoms with Crippen molar-refractivity contribution in [3.63, 3.8) is 0 Å². The number of nitrogens with zero attached hydrogens (tertiary/aromatic N) is 1. The van der Waals surface area contributed by atoms with Crippen molar-refractivity contribution in [3.05, 3.63) is 124 Å². The van der Waals surface area contributed by atoms with E-state index in [1.54, 1.807) is 0 Å². The van der Waals surface area contributed by atoms with Crippen LogP contribution in [0.4, 0.5) is 5.69 Å². The third kappa shape index (κ3) is 12.1. The Hall–Kier alpha value is -3.70. The SMILES string of the molecule is CC/C(=C/c1ccc(OCCCl)cc1)c1ccc(Cl)cc1.CC/C(=C/c1ccc(OCCN(C)C)cc1)c1ccc(N)cc1. The molecule has 0 fully saturated rings. The van der Waals surface area contributed by atoms with Gasteiger partial charge in [0.1, 0.15) is 24.7 Å². The van der Waals surface area contributed by atoms with Crippen LogP contribution in [-0.2, 0) is 0 Å². The number of rotatable bonds is 13. The van der Waals surface area contributed by atoms with Crippen LogP contribution in [-0.4, -0.2) is 44.6 Å². The summed E-state index contributed by atoms with van der Waals surface area (Å²) in [5.41, 5.74) is 13.9. The molecular weight excluding hydrogens is 587 g/mol. The number of likely N-dealkylation sites (N-methyl/N-ethyl adjacent to an activating group) is 1. The molecule has 0 aliphatic heterocycles. The molecule has 0 heterocycles. The molecular formula is C38H44Cl2N2O2. The third-order valence-electron chi connectivity index (χ3n) is 6.85. The highest BCUT2D eigenvalue weighted by molar-refractivity contribution is 6.30. The molecule has 0 atom stereocenters. The lowest BCUT2D eigenvalue weighted by molar-refractivity contribution is 0.261. The average molecular weight is 632 g/mol. The molecule has 0 aliphatic carbocycles. The minimum absolute atomic E-state index is 0.498. The van der Waals surface area contributed by atoms with Gasteiger partial charge in [0.2, 0.25) is 0 Å². The molecule has 0 aromatic heterocycles. The lowest BCUT2D eigenvalue weighted by atomic mass is 10.0. The Kier molecular flexibility index (Phi) is 14.9. The van der Waals surface area contributed by atoms with Crippen LogP contribution < -0.4 is 15.2 Å². The van der Waals surface area contributed by atoms with Gasteiger partial charge in [-0.3, -0.25) is 0 Å². The van der Waals surface area contributed by atoms with Crippen LogP contribution in [0.2, 0.25) is 5.02 Å². The van der Waals surface area contributed by atoms with Gasteiger partial charge in [-0.15, -0.1) is 11.6 Å². The van der Waals surface area contributed by atoms with Crippen molar-refractivity contribution >= 4 is 52.2 Å². The summed E-state index contributed by atoms with van der Waals surface area (Å²) in [6.07, 6.45) is 6.35. The van der Waals surface area contributed by atoms with E-state index in [0.29, 0.717) is 19.1 Å². The van der Waals surface area contributed by atoms with Gasteiger partial charge in [-0.25, -0.2) is 0 Å². The number of alkyl halides is 1. The molecule has 6 heteroatoms. The van der Waals surface area contributed by atoms with Gasteiger partial charge in [-0.2, -0.15) is 0 Å². The van der Waals surface area contributed by atoms with E-state index in [-0.39, 0.29) is 0 Å². The van der Waals surface area contributed by atoms with Crippen LogP contribution >= 0.6 is 23.2 Å². The molecule has 4 aromatic rings. The molecule has 232 valence electrons. The number of hydrogen-bond donors (Lipinski definition) is 1. The molecule has 0 saturated heterocycles. The topological polar surface area (TPSA) is 47.7 Å². The Balaban J connectivity index is 0.000000241. The van der Waals surface area contributed by atoms with Crippen LogP contribution in [0.25, 0.3) is 23.3 Å². The first kappa shape index (κ1) is 34.8. The number of hydrogen-bond acceptors (Lipinski definition) is 4. The first-order chi connectivity index (χ1) is 21.3. The second kappa shape index (κ2) is 18.9. The van der Waals surface area contributed by atoms with Crippen LogP contribution in [0.1, 0.15) is 48.9 Å². The molecule has 0 saturated carbocycles. The number of nitrogens with two attached hydrogens (primary N) is 1. The zero-order chi connectivity index (χ0) is 31.7. The molecule has 2 N–H and O–H groups in total. The summed E-state index contributed by atoms with van der Waals surface area (Å²) in [7, 11) is 4.08. The Morgan fingerprint density at radius 2 is 1.09 bits per heavy atom. The second-order valence-corrected chi connectivity index (χ2v) is 11.3. The fourth-order valence-electron chi connectivity index (χ4n) is 4.37. The predicted molar refractivity (Wildman–Crippen MR) is 192 cm³/mol. The molecule has 4 rings (SSSR count). The van der Waals surface area contributed by atoms with E-state index in [2.05, 4.69) is 79.4 Å². The van der Waals surface area contributed by atoms with Gasteiger partial charge in [0.05, 0.1) is 5.88 Å². The molecule has 44 heavy (non-hydrogen) atoms. The normalized spacial score (nSPS) is 11.6. The molecule has 0 spiro atoms. The second-order valence-electron chi connectivity index (χ2n) is 10.5. The monoisotopic (exact) mass is 630 g/mol. The number of nitrogen functional groups attached to an aromatic ring is 1. The van der Waals surface area contributed by atoms with Gasteiger partial charge in [0.25, 0.3) is 0 Å². The van der Waals surface area contributed by atoms with Crippen LogP contribution in [0, 0.1) is 0 Å². The minimum atomic E-state index is 0.498. The summed E-state index contributed by atoms with van der Waals surface area (Å²) < 4.78 is 11.2. The molecule has 4 aromatic carbocycles. The van der Waals surface area contributed by atoms with E-state index in [1.165, 1.54) is 27.8 Å². The summed E-state index contributed by atoms with van der Waals surface area (Å²) in [6.45, 7) is 6.47. The van der Waals surface area contributed by atoms with E-state index in [4.69, 9.17) is 38.4 Å². The van der Waals surface area contributed by atoms with E-state index in [0.717, 1.165) is 47.2 Å². The van der Waals surface area contributed by atoms with Gasteiger partial charge in [0, 0.05) is 17.3 Å². The molecule has 0 amide bonds. The number of allylic oxidation sites excluding steroid dienone is 2. The van der Waals surface area contributed by atoms with E-state index >= 15 is 0 Å². The lowest BCUT2D eigenvalue weighted by Gasteiger charge is -2.11. The van der Waals surface area contributed by atoms with Crippen molar-refractivity contribution in [2.75, 3.05) is 45.5 Å². The fraction of sp³-hybridized carbons (Fsp3) is 0.263. The summed E-state index contributed by atoms with van der Waals surface area (Å²) in [5, 5.41) is 0.759. The van der Waals surface area contributed by atoms with Crippen LogP contribution in [0.3, 0.4) is 0 Å². The lowest BCUT2D eigenvalue weighted by Crippen LogP contribution is -2.19. The largest absolute Gasteiger partial charge is 0.492 e. The molecule has 0 unspecified atom stereocenters. The van der Waals surface area contributed by atoms with Gasteiger partial charge in [-0.1, -0.05) is 86.1 Å². The van der Waals surface area contributed by atoms with Crippen molar-refractivity contribution < 1.29 is 9.47 Å². The maximum absolute atomic E-state index is 5.94. The molecule has 4 nitrogen and oxygen atoms in total. The molecule has 0 bridgehead atoms. The first-order valence-corrected chi connectivity index (χ1v) is 15.9. The smallest absolute Gasteiger partial charge is 0.119 e. The number of benzene rings is 4. The van der Waals surface area contributed by atoms with Crippen LogP contribution in [0.5, 0.6) is 11.5 Å². The van der Waals surface area contributed by atoms with Crippen molar-refractivity contribution in [3.8, 4) is 11.5 Å². The molecule has 0 aliphatic rings. The minimum Gasteiger partial charge on any atom is -0.492 e. The number of halogens is 2. The fourth-order valence-corrected chi connectivity index (χ4v) is 4.57. The Morgan fingerprint density at radius 3 is 1.50 bits per heavy atom. The standard InChI is InChI=1S/C20H26N2O.C18H18Cl2O/c1-4-17(18-7-9-19(21)10-8-18)15-16-5-11-20(12-6-16)23-14-13-22(2)3;1-2-15(16-5-7-17(20)8-6-16)13-14-3-9-18(10-4-14)21-12-11-19/h5-12,15H,4,13-14,21H2,1-3H3;3-10,13H,2,11-12H2,1H3/b17-15-;15-13-. The zero-order valence-corrected chi connectivity index (χ0v) is 27.7.